The zero-order valence-electron chi connectivity index (χ0n) is 16.5. The minimum atomic E-state index is -0.215. The smallest absolute Gasteiger partial charge is 0.238 e. The Morgan fingerprint density at radius 3 is 2.57 bits per heavy atom. The van der Waals surface area contributed by atoms with Gasteiger partial charge in [-0.15, -0.1) is 0 Å². The molecule has 5 rings (SSSR count). The molecule has 30 heavy (non-hydrogen) atoms. The lowest BCUT2D eigenvalue weighted by molar-refractivity contribution is -0.117. The molecule has 2 heterocycles. The van der Waals surface area contributed by atoms with E-state index in [4.69, 9.17) is 11.6 Å². The first-order chi connectivity index (χ1) is 14.5. The highest BCUT2D eigenvalue weighted by Gasteiger charge is 2.41. The summed E-state index contributed by atoms with van der Waals surface area (Å²) >= 11 is 5.89. The van der Waals surface area contributed by atoms with E-state index in [1.165, 1.54) is 11.6 Å². The molecule has 3 aromatic rings. The molecule has 1 aliphatic heterocycles. The van der Waals surface area contributed by atoms with Crippen molar-refractivity contribution in [3.8, 4) is 0 Å². The summed E-state index contributed by atoms with van der Waals surface area (Å²) in [7, 11) is 0. The number of hydrogen-bond donors (Lipinski definition) is 1. The quantitative estimate of drug-likeness (QED) is 0.635. The first-order valence-electron chi connectivity index (χ1n) is 10.4. The molecule has 0 spiro atoms. The van der Waals surface area contributed by atoms with Crippen LogP contribution in [0.1, 0.15) is 24.3 Å². The van der Waals surface area contributed by atoms with Crippen molar-refractivity contribution in [2.75, 3.05) is 25.0 Å². The Labute approximate surface area is 180 Å². The number of benzene rings is 2. The molecule has 1 aliphatic carbocycles. The van der Waals surface area contributed by atoms with Crippen LogP contribution in [0, 0.1) is 17.7 Å². The number of aromatic nitrogens is 1. The van der Waals surface area contributed by atoms with Gasteiger partial charge in [-0.3, -0.25) is 14.7 Å². The van der Waals surface area contributed by atoms with Crippen LogP contribution in [-0.4, -0.2) is 35.4 Å². The van der Waals surface area contributed by atoms with Crippen molar-refractivity contribution in [3.05, 3.63) is 71.1 Å². The number of likely N-dealkylation sites (tertiary alicyclic amines) is 1. The summed E-state index contributed by atoms with van der Waals surface area (Å²) < 4.78 is 13.8. The van der Waals surface area contributed by atoms with Gasteiger partial charge in [0.05, 0.1) is 12.1 Å². The van der Waals surface area contributed by atoms with Gasteiger partial charge in [-0.1, -0.05) is 11.6 Å². The maximum absolute atomic E-state index is 13.8. The summed E-state index contributed by atoms with van der Waals surface area (Å²) in [6.07, 6.45) is 3.99. The van der Waals surface area contributed by atoms with E-state index in [1.54, 1.807) is 24.3 Å². The van der Waals surface area contributed by atoms with Gasteiger partial charge in [0.15, 0.2) is 0 Å². The number of fused-ring (bicyclic) bond motifs is 2. The predicted molar refractivity (Wildman–Crippen MR) is 117 cm³/mol. The lowest BCUT2D eigenvalue weighted by Crippen LogP contribution is -2.32. The number of carbonyl (C=O) groups excluding carboxylic acids is 1. The molecule has 1 saturated heterocycles. The number of hydrogen-bond acceptors (Lipinski definition) is 3. The van der Waals surface area contributed by atoms with E-state index in [0.29, 0.717) is 29.3 Å². The number of anilines is 1. The zero-order valence-corrected chi connectivity index (χ0v) is 17.3. The van der Waals surface area contributed by atoms with Crippen LogP contribution in [0.2, 0.25) is 5.02 Å². The van der Waals surface area contributed by atoms with Gasteiger partial charge in [-0.25, -0.2) is 4.39 Å². The molecule has 1 aromatic heterocycles. The molecule has 1 amide bonds. The minimum absolute atomic E-state index is 0.00412. The third kappa shape index (κ3) is 3.92. The molecule has 1 unspecified atom stereocenters. The second kappa shape index (κ2) is 7.97. The topological polar surface area (TPSA) is 45.2 Å². The Hall–Kier alpha value is -2.50. The number of halogens is 2. The normalized spacial score (nSPS) is 23.6. The van der Waals surface area contributed by atoms with Crippen molar-refractivity contribution in [1.29, 1.82) is 0 Å². The highest BCUT2D eigenvalue weighted by Crippen LogP contribution is 2.47. The fraction of sp³-hybridized carbons (Fsp3) is 0.333. The summed E-state index contributed by atoms with van der Waals surface area (Å²) in [5.74, 6) is 1.37. The highest BCUT2D eigenvalue weighted by atomic mass is 35.5. The minimum Gasteiger partial charge on any atom is -0.325 e. The number of pyridine rings is 1. The highest BCUT2D eigenvalue weighted by molar-refractivity contribution is 6.30. The summed E-state index contributed by atoms with van der Waals surface area (Å²) in [5.41, 5.74) is 2.83. The largest absolute Gasteiger partial charge is 0.325 e. The van der Waals surface area contributed by atoms with Crippen molar-refractivity contribution in [1.82, 2.24) is 9.88 Å². The van der Waals surface area contributed by atoms with Crippen LogP contribution in [0.5, 0.6) is 0 Å². The second-order valence-corrected chi connectivity index (χ2v) is 8.94. The van der Waals surface area contributed by atoms with Crippen molar-refractivity contribution in [2.24, 2.45) is 11.8 Å². The summed E-state index contributed by atoms with van der Waals surface area (Å²) in [4.78, 5) is 19.0. The van der Waals surface area contributed by atoms with Crippen LogP contribution in [0.3, 0.4) is 0 Å². The number of nitrogens with one attached hydrogen (secondary N) is 1. The molecule has 0 bridgehead atoms. The number of amides is 1. The second-order valence-electron chi connectivity index (χ2n) is 8.50. The van der Waals surface area contributed by atoms with Gasteiger partial charge >= 0.3 is 0 Å². The van der Waals surface area contributed by atoms with E-state index < -0.39 is 0 Å². The molecule has 2 aromatic carbocycles. The van der Waals surface area contributed by atoms with Crippen LogP contribution in [0.25, 0.3) is 10.9 Å². The maximum Gasteiger partial charge on any atom is 0.238 e. The van der Waals surface area contributed by atoms with Gasteiger partial charge in [0.2, 0.25) is 5.91 Å². The van der Waals surface area contributed by atoms with Crippen LogP contribution >= 0.6 is 11.6 Å². The SMILES string of the molecule is O=C(CN1CC2C[C@H](c3ccnc4ccc(F)cc34)C[C@@H]2C1)Nc1ccc(Cl)cc1. The molecule has 2 fully saturated rings. The van der Waals surface area contributed by atoms with Gasteiger partial charge in [-0.05, 0) is 84.7 Å². The van der Waals surface area contributed by atoms with Crippen molar-refractivity contribution < 1.29 is 9.18 Å². The van der Waals surface area contributed by atoms with Gasteiger partial charge in [0, 0.05) is 35.4 Å². The van der Waals surface area contributed by atoms with Crippen molar-refractivity contribution in [2.45, 2.75) is 18.8 Å². The van der Waals surface area contributed by atoms with E-state index in [9.17, 15) is 9.18 Å². The van der Waals surface area contributed by atoms with E-state index in [-0.39, 0.29) is 11.7 Å². The molecule has 6 heteroatoms. The molecule has 1 saturated carbocycles. The van der Waals surface area contributed by atoms with E-state index in [1.807, 2.05) is 24.4 Å². The third-order valence-corrected chi connectivity index (χ3v) is 6.75. The average Bonchev–Trinajstić information content (AvgIpc) is 3.27. The Bertz CT molecular complexity index is 1070. The lowest BCUT2D eigenvalue weighted by atomic mass is 9.93. The summed E-state index contributed by atoms with van der Waals surface area (Å²) in [6.45, 7) is 2.28. The van der Waals surface area contributed by atoms with E-state index in [2.05, 4.69) is 15.2 Å². The molecule has 3 atom stereocenters. The number of rotatable bonds is 4. The molecular formula is C24H23ClFN3O. The van der Waals surface area contributed by atoms with E-state index in [0.717, 1.165) is 42.5 Å². The predicted octanol–water partition coefficient (Wildman–Crippen LogP) is 5.09. The van der Waals surface area contributed by atoms with Crippen molar-refractivity contribution >= 4 is 34.1 Å². The lowest BCUT2D eigenvalue weighted by Gasteiger charge is -2.19. The van der Waals surface area contributed by atoms with Crippen LogP contribution in [0.4, 0.5) is 10.1 Å². The van der Waals surface area contributed by atoms with Crippen LogP contribution in [-0.2, 0) is 4.79 Å². The summed E-state index contributed by atoms with van der Waals surface area (Å²) in [6, 6.07) is 14.0. The Kier molecular flexibility index (Phi) is 5.17. The fourth-order valence-electron chi connectivity index (χ4n) is 5.21. The molecule has 154 valence electrons. The summed E-state index contributed by atoms with van der Waals surface area (Å²) in [5, 5.41) is 4.52. The Morgan fingerprint density at radius 1 is 1.10 bits per heavy atom. The van der Waals surface area contributed by atoms with Crippen LogP contribution in [0.15, 0.2) is 54.7 Å². The molecule has 2 aliphatic rings. The molecule has 0 radical (unpaired) electrons. The van der Waals surface area contributed by atoms with E-state index >= 15 is 0 Å². The van der Waals surface area contributed by atoms with Gasteiger partial charge < -0.3 is 5.32 Å². The van der Waals surface area contributed by atoms with Gasteiger partial charge in [-0.2, -0.15) is 0 Å². The number of nitrogens with zero attached hydrogens (tertiary/aromatic N) is 2. The standard InChI is InChI=1S/C24H23ClFN3O/c25-18-1-4-20(5-2-18)28-24(30)14-29-12-16-9-15(10-17(16)13-29)21-7-8-27-23-6-3-19(26)11-22(21)23/h1-8,11,15-17H,9-10,12-14H2,(H,28,30)/t15-,16-,17?/m1/s1. The molecular weight excluding hydrogens is 401 g/mol. The van der Waals surface area contributed by atoms with Crippen LogP contribution < -0.4 is 5.32 Å². The Balaban J connectivity index is 1.21. The maximum atomic E-state index is 13.8. The first-order valence-corrected chi connectivity index (χ1v) is 10.7. The first kappa shape index (κ1) is 19.5. The third-order valence-electron chi connectivity index (χ3n) is 6.50. The fourth-order valence-corrected chi connectivity index (χ4v) is 5.34. The van der Waals surface area contributed by atoms with Gasteiger partial charge in [0.25, 0.3) is 0 Å². The Morgan fingerprint density at radius 2 is 1.83 bits per heavy atom. The number of carbonyl (C=O) groups is 1. The molecule has 1 N–H and O–H groups in total. The zero-order chi connectivity index (χ0) is 20.7. The average molecular weight is 424 g/mol. The monoisotopic (exact) mass is 423 g/mol. The molecule has 4 nitrogen and oxygen atoms in total. The van der Waals surface area contributed by atoms with Crippen molar-refractivity contribution in [3.63, 3.8) is 0 Å². The van der Waals surface area contributed by atoms with Gasteiger partial charge in [0.1, 0.15) is 5.82 Å².